The molecule has 3 rings (SSSR count). The molecule has 1 heterocycles. The molecule has 0 aromatic heterocycles. The second-order valence-electron chi connectivity index (χ2n) is 7.01. The standard InChI is InChI=1S/C21H20Cl2FN3O2S/c1-10(2)29-19-15(22)8-12(9-16(19)23)18-17(11(3)25-21(30)27-18)20(28)26-14-6-4-13(24)5-7-14/h4-10,18H,1-3H3,(H,26,28)(H2,25,27,30)/t18-/m1/s1. The van der Waals surface area contributed by atoms with Gasteiger partial charge in [-0.05, 0) is 75.0 Å². The number of allylic oxidation sites excluding steroid dienone is 1. The molecule has 0 radical (unpaired) electrons. The predicted octanol–water partition coefficient (Wildman–Crippen LogP) is 5.35. The van der Waals surface area contributed by atoms with Crippen molar-refractivity contribution >= 4 is 52.1 Å². The summed E-state index contributed by atoms with van der Waals surface area (Å²) in [7, 11) is 0. The van der Waals surface area contributed by atoms with Gasteiger partial charge < -0.3 is 20.7 Å². The van der Waals surface area contributed by atoms with E-state index >= 15 is 0 Å². The van der Waals surface area contributed by atoms with Gasteiger partial charge in [0.2, 0.25) is 0 Å². The molecule has 0 bridgehead atoms. The second-order valence-corrected chi connectivity index (χ2v) is 8.23. The van der Waals surface area contributed by atoms with Gasteiger partial charge in [-0.15, -0.1) is 0 Å². The molecular formula is C21H20Cl2FN3O2S. The number of hydrogen-bond acceptors (Lipinski definition) is 3. The maximum Gasteiger partial charge on any atom is 0.255 e. The van der Waals surface area contributed by atoms with Gasteiger partial charge >= 0.3 is 0 Å². The summed E-state index contributed by atoms with van der Waals surface area (Å²) in [5.74, 6) is -0.381. The highest BCUT2D eigenvalue weighted by molar-refractivity contribution is 7.80. The largest absolute Gasteiger partial charge is 0.488 e. The number of thiocarbonyl (C=S) groups is 1. The normalized spacial score (nSPS) is 16.2. The Kier molecular flexibility index (Phi) is 6.85. The molecule has 2 aromatic carbocycles. The maximum absolute atomic E-state index is 13.2. The second kappa shape index (κ2) is 9.20. The van der Waals surface area contributed by atoms with E-state index < -0.39 is 6.04 Å². The SMILES string of the molecule is CC1=C(C(=O)Nc2ccc(F)cc2)[C@@H](c2cc(Cl)c(OC(C)C)c(Cl)c2)NC(=S)N1. The zero-order valence-electron chi connectivity index (χ0n) is 16.5. The van der Waals surface area contributed by atoms with Crippen molar-refractivity contribution in [2.45, 2.75) is 32.9 Å². The average molecular weight is 468 g/mol. The van der Waals surface area contributed by atoms with E-state index in [1.165, 1.54) is 24.3 Å². The van der Waals surface area contributed by atoms with Crippen LogP contribution in [0.3, 0.4) is 0 Å². The topological polar surface area (TPSA) is 62.4 Å². The average Bonchev–Trinajstić information content (AvgIpc) is 2.65. The van der Waals surface area contributed by atoms with E-state index in [0.717, 1.165) is 0 Å². The minimum Gasteiger partial charge on any atom is -0.488 e. The molecule has 1 amide bonds. The lowest BCUT2D eigenvalue weighted by Gasteiger charge is -2.31. The predicted molar refractivity (Wildman–Crippen MR) is 122 cm³/mol. The summed E-state index contributed by atoms with van der Waals surface area (Å²) in [6, 6.07) is 8.30. The Morgan fingerprint density at radius 2 is 1.80 bits per heavy atom. The fraction of sp³-hybridized carbons (Fsp3) is 0.238. The Balaban J connectivity index is 1.97. The molecule has 0 saturated heterocycles. The number of carbonyl (C=O) groups excluding carboxylic acids is 1. The molecule has 1 atom stereocenters. The van der Waals surface area contributed by atoms with Crippen LogP contribution in [-0.2, 0) is 4.79 Å². The van der Waals surface area contributed by atoms with Crippen LogP contribution in [0.1, 0.15) is 32.4 Å². The van der Waals surface area contributed by atoms with Crippen LogP contribution in [0.5, 0.6) is 5.75 Å². The Labute approximate surface area is 189 Å². The molecule has 30 heavy (non-hydrogen) atoms. The van der Waals surface area contributed by atoms with E-state index in [4.69, 9.17) is 40.2 Å². The van der Waals surface area contributed by atoms with Crippen molar-refractivity contribution < 1.29 is 13.9 Å². The first kappa shape index (κ1) is 22.3. The van der Waals surface area contributed by atoms with Crippen LogP contribution in [-0.4, -0.2) is 17.1 Å². The van der Waals surface area contributed by atoms with Crippen molar-refractivity contribution in [3.05, 3.63) is 69.1 Å². The Morgan fingerprint density at radius 1 is 1.20 bits per heavy atom. The number of carbonyl (C=O) groups is 1. The van der Waals surface area contributed by atoms with Crippen LogP contribution < -0.4 is 20.7 Å². The first-order valence-corrected chi connectivity index (χ1v) is 10.3. The van der Waals surface area contributed by atoms with Crippen molar-refractivity contribution in [3.8, 4) is 5.75 Å². The van der Waals surface area contributed by atoms with Crippen molar-refractivity contribution in [2.24, 2.45) is 0 Å². The highest BCUT2D eigenvalue weighted by atomic mass is 35.5. The van der Waals surface area contributed by atoms with Crippen LogP contribution in [0.2, 0.25) is 10.0 Å². The molecule has 0 saturated carbocycles. The zero-order chi connectivity index (χ0) is 22.0. The van der Waals surface area contributed by atoms with Crippen LogP contribution in [0.25, 0.3) is 0 Å². The smallest absolute Gasteiger partial charge is 0.255 e. The number of rotatable bonds is 5. The summed E-state index contributed by atoms with van der Waals surface area (Å²) >= 11 is 18.1. The molecule has 3 N–H and O–H groups in total. The summed E-state index contributed by atoms with van der Waals surface area (Å²) in [5.41, 5.74) is 2.09. The summed E-state index contributed by atoms with van der Waals surface area (Å²) in [6.45, 7) is 5.49. The zero-order valence-corrected chi connectivity index (χ0v) is 18.8. The number of anilines is 1. The number of halogens is 3. The first-order chi connectivity index (χ1) is 14.2. The van der Waals surface area contributed by atoms with Crippen molar-refractivity contribution in [1.29, 1.82) is 0 Å². The number of nitrogens with one attached hydrogen (secondary N) is 3. The fourth-order valence-electron chi connectivity index (χ4n) is 3.07. The van der Waals surface area contributed by atoms with Gasteiger partial charge in [0.15, 0.2) is 10.9 Å². The number of amides is 1. The van der Waals surface area contributed by atoms with Crippen molar-refractivity contribution in [1.82, 2.24) is 10.6 Å². The quantitative estimate of drug-likeness (QED) is 0.517. The lowest BCUT2D eigenvalue weighted by Crippen LogP contribution is -2.45. The van der Waals surface area contributed by atoms with Crippen LogP contribution in [0, 0.1) is 5.82 Å². The molecule has 5 nitrogen and oxygen atoms in total. The molecule has 2 aromatic rings. The Bertz CT molecular complexity index is 1000. The van der Waals surface area contributed by atoms with Gasteiger partial charge in [0.1, 0.15) is 5.82 Å². The summed E-state index contributed by atoms with van der Waals surface area (Å²) < 4.78 is 18.8. The van der Waals surface area contributed by atoms with Gasteiger partial charge in [-0.1, -0.05) is 23.2 Å². The molecule has 1 aliphatic rings. The minimum atomic E-state index is -0.595. The van der Waals surface area contributed by atoms with Gasteiger partial charge in [0.05, 0.1) is 27.8 Å². The fourth-order valence-corrected chi connectivity index (χ4v) is 3.93. The van der Waals surface area contributed by atoms with Gasteiger partial charge in [0, 0.05) is 11.4 Å². The third-order valence-corrected chi connectivity index (χ3v) is 5.10. The van der Waals surface area contributed by atoms with E-state index in [1.54, 1.807) is 19.1 Å². The van der Waals surface area contributed by atoms with Gasteiger partial charge in [0.25, 0.3) is 5.91 Å². The lowest BCUT2D eigenvalue weighted by atomic mass is 9.94. The molecule has 0 aliphatic carbocycles. The van der Waals surface area contributed by atoms with Gasteiger partial charge in [-0.25, -0.2) is 4.39 Å². The van der Waals surface area contributed by atoms with E-state index in [1.807, 2.05) is 13.8 Å². The van der Waals surface area contributed by atoms with E-state index in [2.05, 4.69) is 16.0 Å². The van der Waals surface area contributed by atoms with E-state index in [0.29, 0.717) is 43.4 Å². The highest BCUT2D eigenvalue weighted by Gasteiger charge is 2.31. The highest BCUT2D eigenvalue weighted by Crippen LogP contribution is 2.39. The molecule has 0 spiro atoms. The molecule has 1 aliphatic heterocycles. The minimum absolute atomic E-state index is 0.102. The van der Waals surface area contributed by atoms with Crippen LogP contribution in [0.15, 0.2) is 47.7 Å². The van der Waals surface area contributed by atoms with E-state index in [9.17, 15) is 9.18 Å². The Morgan fingerprint density at radius 3 is 2.37 bits per heavy atom. The van der Waals surface area contributed by atoms with Crippen molar-refractivity contribution in [3.63, 3.8) is 0 Å². The van der Waals surface area contributed by atoms with Crippen molar-refractivity contribution in [2.75, 3.05) is 5.32 Å². The third kappa shape index (κ3) is 5.03. The maximum atomic E-state index is 13.2. The summed E-state index contributed by atoms with van der Waals surface area (Å²) in [4.78, 5) is 13.1. The monoisotopic (exact) mass is 467 g/mol. The van der Waals surface area contributed by atoms with E-state index in [-0.39, 0.29) is 17.8 Å². The number of ether oxygens (including phenoxy) is 1. The number of benzene rings is 2. The molecule has 0 unspecified atom stereocenters. The molecule has 158 valence electrons. The first-order valence-electron chi connectivity index (χ1n) is 9.16. The summed E-state index contributed by atoms with van der Waals surface area (Å²) in [5, 5.41) is 9.84. The summed E-state index contributed by atoms with van der Waals surface area (Å²) in [6.07, 6.45) is -0.102. The third-order valence-electron chi connectivity index (χ3n) is 4.32. The molecule has 9 heteroatoms. The number of hydrogen-bond donors (Lipinski definition) is 3. The van der Waals surface area contributed by atoms with Gasteiger partial charge in [-0.3, -0.25) is 4.79 Å². The van der Waals surface area contributed by atoms with Gasteiger partial charge in [-0.2, -0.15) is 0 Å². The Hall–Kier alpha value is -2.35. The molecular weight excluding hydrogens is 448 g/mol. The molecule has 0 fully saturated rings. The van der Waals surface area contributed by atoms with Crippen LogP contribution >= 0.6 is 35.4 Å². The lowest BCUT2D eigenvalue weighted by molar-refractivity contribution is -0.113. The van der Waals surface area contributed by atoms with Crippen LogP contribution in [0.4, 0.5) is 10.1 Å².